The van der Waals surface area contributed by atoms with E-state index in [2.05, 4.69) is 11.8 Å². The predicted molar refractivity (Wildman–Crippen MR) is 61.8 cm³/mol. The molecule has 2 atom stereocenters. The Bertz CT molecular complexity index is 202. The summed E-state index contributed by atoms with van der Waals surface area (Å²) in [6.45, 7) is 7.27. The summed E-state index contributed by atoms with van der Waals surface area (Å²) in [7, 11) is 0. The second-order valence-corrected chi connectivity index (χ2v) is 5.18. The molecule has 2 unspecified atom stereocenters. The maximum absolute atomic E-state index is 5.93. The van der Waals surface area contributed by atoms with Gasteiger partial charge in [0, 0.05) is 31.2 Å². The molecule has 3 heteroatoms. The molecule has 3 nitrogen and oxygen atoms in total. The van der Waals surface area contributed by atoms with Gasteiger partial charge in [0.2, 0.25) is 0 Å². The van der Waals surface area contributed by atoms with E-state index in [1.54, 1.807) is 0 Å². The van der Waals surface area contributed by atoms with E-state index in [4.69, 9.17) is 10.5 Å². The van der Waals surface area contributed by atoms with Gasteiger partial charge in [-0.2, -0.15) is 0 Å². The molecular weight excluding hydrogens is 188 g/mol. The topological polar surface area (TPSA) is 38.5 Å². The van der Waals surface area contributed by atoms with Gasteiger partial charge in [0.1, 0.15) is 0 Å². The van der Waals surface area contributed by atoms with Crippen LogP contribution in [0.25, 0.3) is 0 Å². The summed E-state index contributed by atoms with van der Waals surface area (Å²) in [5.74, 6) is 0. The standard InChI is InChI=1S/C12H24N2O/c1-2-11-4-3-6-14(11)9-12(8-13)5-7-15-10-12/h11H,2-10,13H2,1H3. The van der Waals surface area contributed by atoms with E-state index in [0.29, 0.717) is 0 Å². The molecule has 0 aromatic heterocycles. The third-order valence-corrected chi connectivity index (χ3v) is 4.13. The number of ether oxygens (including phenoxy) is 1. The second-order valence-electron chi connectivity index (χ2n) is 5.18. The Kier molecular flexibility index (Phi) is 3.65. The maximum atomic E-state index is 5.93. The van der Waals surface area contributed by atoms with Gasteiger partial charge in [-0.25, -0.2) is 0 Å². The molecule has 0 amide bonds. The van der Waals surface area contributed by atoms with Crippen LogP contribution < -0.4 is 5.73 Å². The largest absolute Gasteiger partial charge is 0.381 e. The van der Waals surface area contributed by atoms with Crippen LogP contribution in [0.2, 0.25) is 0 Å². The molecule has 0 aliphatic carbocycles. The Morgan fingerprint density at radius 3 is 3.00 bits per heavy atom. The van der Waals surface area contributed by atoms with Crippen molar-refractivity contribution in [3.8, 4) is 0 Å². The molecule has 88 valence electrons. The van der Waals surface area contributed by atoms with Crippen LogP contribution in [0.5, 0.6) is 0 Å². The molecule has 0 spiro atoms. The SMILES string of the molecule is CCC1CCCN1CC1(CN)CCOC1. The molecule has 2 rings (SSSR count). The van der Waals surface area contributed by atoms with Crippen LogP contribution in [0.15, 0.2) is 0 Å². The first-order valence-electron chi connectivity index (χ1n) is 6.31. The van der Waals surface area contributed by atoms with Crippen molar-refractivity contribution in [1.82, 2.24) is 4.90 Å². The third-order valence-electron chi connectivity index (χ3n) is 4.13. The molecule has 0 bridgehead atoms. The Morgan fingerprint density at radius 1 is 1.53 bits per heavy atom. The zero-order chi connectivity index (χ0) is 10.7. The van der Waals surface area contributed by atoms with Crippen molar-refractivity contribution in [3.63, 3.8) is 0 Å². The van der Waals surface area contributed by atoms with Crippen molar-refractivity contribution >= 4 is 0 Å². The predicted octanol–water partition coefficient (Wildman–Crippen LogP) is 1.23. The molecule has 0 saturated carbocycles. The summed E-state index contributed by atoms with van der Waals surface area (Å²) in [5.41, 5.74) is 6.19. The van der Waals surface area contributed by atoms with Gasteiger partial charge in [0.05, 0.1) is 6.61 Å². The minimum atomic E-state index is 0.262. The minimum Gasteiger partial charge on any atom is -0.381 e. The van der Waals surface area contributed by atoms with E-state index in [1.807, 2.05) is 0 Å². The summed E-state index contributed by atoms with van der Waals surface area (Å²) in [6, 6.07) is 0.800. The van der Waals surface area contributed by atoms with Gasteiger partial charge in [-0.1, -0.05) is 6.92 Å². The van der Waals surface area contributed by atoms with Crippen molar-refractivity contribution in [2.75, 3.05) is 32.8 Å². The highest BCUT2D eigenvalue weighted by Gasteiger charge is 2.37. The minimum absolute atomic E-state index is 0.262. The lowest BCUT2D eigenvalue weighted by atomic mass is 9.86. The number of likely N-dealkylation sites (tertiary alicyclic amines) is 1. The molecular formula is C12H24N2O. The van der Waals surface area contributed by atoms with Gasteiger partial charge in [-0.15, -0.1) is 0 Å². The summed E-state index contributed by atoms with van der Waals surface area (Å²) in [4.78, 5) is 2.64. The van der Waals surface area contributed by atoms with Crippen LogP contribution in [0.3, 0.4) is 0 Å². The van der Waals surface area contributed by atoms with Crippen LogP contribution in [0, 0.1) is 5.41 Å². The second kappa shape index (κ2) is 4.81. The van der Waals surface area contributed by atoms with Crippen molar-refractivity contribution in [3.05, 3.63) is 0 Å². The van der Waals surface area contributed by atoms with Crippen LogP contribution in [0.4, 0.5) is 0 Å². The van der Waals surface area contributed by atoms with Crippen LogP contribution in [0.1, 0.15) is 32.6 Å². The fourth-order valence-electron chi connectivity index (χ4n) is 3.00. The molecule has 15 heavy (non-hydrogen) atoms. The van der Waals surface area contributed by atoms with Gasteiger partial charge >= 0.3 is 0 Å². The van der Waals surface area contributed by atoms with E-state index in [0.717, 1.165) is 38.8 Å². The van der Waals surface area contributed by atoms with E-state index in [1.165, 1.54) is 25.8 Å². The molecule has 2 saturated heterocycles. The smallest absolute Gasteiger partial charge is 0.0547 e. The van der Waals surface area contributed by atoms with Crippen molar-refractivity contribution < 1.29 is 4.74 Å². The molecule has 2 fully saturated rings. The fraction of sp³-hybridized carbons (Fsp3) is 1.00. The number of nitrogens with two attached hydrogens (primary N) is 1. The van der Waals surface area contributed by atoms with Gasteiger partial charge in [0.15, 0.2) is 0 Å². The highest BCUT2D eigenvalue weighted by molar-refractivity contribution is 4.90. The third kappa shape index (κ3) is 2.35. The summed E-state index contributed by atoms with van der Waals surface area (Å²) < 4.78 is 5.52. The van der Waals surface area contributed by atoms with Gasteiger partial charge in [-0.3, -0.25) is 4.90 Å². The van der Waals surface area contributed by atoms with Gasteiger partial charge < -0.3 is 10.5 Å². The Labute approximate surface area is 93.0 Å². The lowest BCUT2D eigenvalue weighted by Gasteiger charge is -2.34. The van der Waals surface area contributed by atoms with Crippen molar-refractivity contribution in [2.45, 2.75) is 38.6 Å². The summed E-state index contributed by atoms with van der Waals surface area (Å²) >= 11 is 0. The van der Waals surface area contributed by atoms with E-state index >= 15 is 0 Å². The van der Waals surface area contributed by atoms with E-state index in [-0.39, 0.29) is 5.41 Å². The number of rotatable bonds is 4. The number of hydrogen-bond donors (Lipinski definition) is 1. The quantitative estimate of drug-likeness (QED) is 0.761. The number of hydrogen-bond acceptors (Lipinski definition) is 3. The van der Waals surface area contributed by atoms with E-state index < -0.39 is 0 Å². The lowest BCUT2D eigenvalue weighted by molar-refractivity contribution is 0.107. The maximum Gasteiger partial charge on any atom is 0.0547 e. The van der Waals surface area contributed by atoms with Crippen molar-refractivity contribution in [1.29, 1.82) is 0 Å². The van der Waals surface area contributed by atoms with E-state index in [9.17, 15) is 0 Å². The fourth-order valence-corrected chi connectivity index (χ4v) is 3.00. The Balaban J connectivity index is 1.94. The lowest BCUT2D eigenvalue weighted by Crippen LogP contribution is -2.44. The van der Waals surface area contributed by atoms with Crippen LogP contribution in [-0.2, 0) is 4.74 Å². The molecule has 2 aliphatic rings. The molecule has 0 aromatic rings. The average molecular weight is 212 g/mol. The van der Waals surface area contributed by atoms with Gasteiger partial charge in [0.25, 0.3) is 0 Å². The first-order valence-corrected chi connectivity index (χ1v) is 6.31. The molecule has 2 N–H and O–H groups in total. The first kappa shape index (κ1) is 11.4. The summed E-state index contributed by atoms with van der Waals surface area (Å²) in [5, 5.41) is 0. The highest BCUT2D eigenvalue weighted by atomic mass is 16.5. The first-order chi connectivity index (χ1) is 7.29. The average Bonchev–Trinajstić information content (AvgIpc) is 2.88. The monoisotopic (exact) mass is 212 g/mol. The number of nitrogens with zero attached hydrogens (tertiary/aromatic N) is 1. The van der Waals surface area contributed by atoms with Crippen LogP contribution >= 0.6 is 0 Å². The normalized spacial score (nSPS) is 37.6. The summed E-state index contributed by atoms with van der Waals surface area (Å²) in [6.07, 6.45) is 5.16. The Hall–Kier alpha value is -0.120. The zero-order valence-electron chi connectivity index (χ0n) is 9.87. The molecule has 2 aliphatic heterocycles. The molecule has 0 radical (unpaired) electrons. The van der Waals surface area contributed by atoms with Gasteiger partial charge in [-0.05, 0) is 32.2 Å². The molecule has 2 heterocycles. The van der Waals surface area contributed by atoms with Crippen molar-refractivity contribution in [2.24, 2.45) is 11.1 Å². The molecule has 0 aromatic carbocycles. The highest BCUT2D eigenvalue weighted by Crippen LogP contribution is 2.32. The zero-order valence-corrected chi connectivity index (χ0v) is 9.87. The van der Waals surface area contributed by atoms with Crippen LogP contribution in [-0.4, -0.2) is 43.8 Å². The Morgan fingerprint density at radius 2 is 2.40 bits per heavy atom.